The first-order valence-corrected chi connectivity index (χ1v) is 4.27. The van der Waals surface area contributed by atoms with Gasteiger partial charge in [-0.3, -0.25) is 0 Å². The van der Waals surface area contributed by atoms with Crippen molar-refractivity contribution >= 4 is 0 Å². The molecule has 1 aromatic carbocycles. The third-order valence-electron chi connectivity index (χ3n) is 2.01. The van der Waals surface area contributed by atoms with Crippen LogP contribution in [-0.2, 0) is 0 Å². The van der Waals surface area contributed by atoms with Crippen molar-refractivity contribution in [1.29, 1.82) is 0 Å². The maximum atomic E-state index is 13.3. The molecule has 0 saturated carbocycles. The van der Waals surface area contributed by atoms with E-state index in [1.54, 1.807) is 24.3 Å². The maximum Gasteiger partial charge on any atom is 0.127 e. The van der Waals surface area contributed by atoms with Gasteiger partial charge in [-0.25, -0.2) is 4.39 Å². The lowest BCUT2D eigenvalue weighted by Crippen LogP contribution is -1.96. The average Bonchev–Trinajstić information content (AvgIpc) is 2.16. The van der Waals surface area contributed by atoms with E-state index < -0.39 is 0 Å². The fraction of sp³-hybridized carbons (Fsp3) is 0.167. The smallest absolute Gasteiger partial charge is 0.127 e. The Kier molecular flexibility index (Phi) is 3.44. The number of allylic oxidation sites excluding steroid dienone is 2. The van der Waals surface area contributed by atoms with Gasteiger partial charge in [0.15, 0.2) is 0 Å². The summed E-state index contributed by atoms with van der Waals surface area (Å²) < 4.78 is 13.3. The molecule has 13 heavy (non-hydrogen) atoms. The van der Waals surface area contributed by atoms with Gasteiger partial charge in [-0.15, -0.1) is 13.2 Å². The van der Waals surface area contributed by atoms with Crippen LogP contribution in [0.25, 0.3) is 0 Å². The molecular formula is C12H13F. The number of hydrogen-bond acceptors (Lipinski definition) is 0. The van der Waals surface area contributed by atoms with Gasteiger partial charge < -0.3 is 0 Å². The minimum Gasteiger partial charge on any atom is -0.207 e. The summed E-state index contributed by atoms with van der Waals surface area (Å²) in [5.41, 5.74) is 0.692. The Morgan fingerprint density at radius 2 is 2.00 bits per heavy atom. The van der Waals surface area contributed by atoms with Crippen molar-refractivity contribution in [1.82, 2.24) is 0 Å². The second-order valence-corrected chi connectivity index (χ2v) is 2.89. The van der Waals surface area contributed by atoms with Crippen LogP contribution in [0.3, 0.4) is 0 Å². The zero-order chi connectivity index (χ0) is 9.68. The molecular weight excluding hydrogens is 163 g/mol. The van der Waals surface area contributed by atoms with Crippen molar-refractivity contribution < 1.29 is 4.39 Å². The summed E-state index contributed by atoms with van der Waals surface area (Å²) in [6.07, 6.45) is 4.25. The van der Waals surface area contributed by atoms with Gasteiger partial charge in [-0.1, -0.05) is 30.4 Å². The summed E-state index contributed by atoms with van der Waals surface area (Å²) in [6, 6.07) is 6.77. The van der Waals surface area contributed by atoms with E-state index in [2.05, 4.69) is 13.2 Å². The second kappa shape index (κ2) is 4.61. The Labute approximate surface area is 78.4 Å². The van der Waals surface area contributed by atoms with Gasteiger partial charge in [0.25, 0.3) is 0 Å². The molecule has 68 valence electrons. The van der Waals surface area contributed by atoms with Gasteiger partial charge in [0, 0.05) is 5.92 Å². The Bertz CT molecular complexity index is 302. The average molecular weight is 176 g/mol. The normalized spacial score (nSPS) is 12.1. The lowest BCUT2D eigenvalue weighted by molar-refractivity contribution is 0.600. The molecule has 0 heterocycles. The largest absolute Gasteiger partial charge is 0.207 e. The molecule has 0 saturated heterocycles. The number of rotatable bonds is 4. The molecule has 0 amide bonds. The summed E-state index contributed by atoms with van der Waals surface area (Å²) in [4.78, 5) is 0. The van der Waals surface area contributed by atoms with Gasteiger partial charge in [0.1, 0.15) is 5.82 Å². The first-order valence-electron chi connectivity index (χ1n) is 4.27. The molecule has 0 spiro atoms. The zero-order valence-electron chi connectivity index (χ0n) is 7.54. The molecule has 0 fully saturated rings. The van der Waals surface area contributed by atoms with E-state index in [1.165, 1.54) is 6.07 Å². The molecule has 0 aromatic heterocycles. The Hall–Kier alpha value is -1.37. The molecule has 0 N–H and O–H groups in total. The van der Waals surface area contributed by atoms with Crippen LogP contribution in [0.2, 0.25) is 0 Å². The van der Waals surface area contributed by atoms with Gasteiger partial charge in [0.2, 0.25) is 0 Å². The highest BCUT2D eigenvalue weighted by molar-refractivity contribution is 5.25. The molecule has 0 aliphatic rings. The molecule has 1 heteroatoms. The summed E-state index contributed by atoms with van der Waals surface area (Å²) in [5, 5.41) is 0. The summed E-state index contributed by atoms with van der Waals surface area (Å²) >= 11 is 0. The molecule has 1 atom stereocenters. The van der Waals surface area contributed by atoms with Crippen molar-refractivity contribution in [2.45, 2.75) is 12.3 Å². The standard InChI is InChI=1S/C12H13F/c1-3-7-10(4-2)11-8-5-6-9-12(11)13/h3-6,8-10H,1-2,7H2. The Morgan fingerprint density at radius 3 is 2.54 bits per heavy atom. The first-order chi connectivity index (χ1) is 6.29. The topological polar surface area (TPSA) is 0 Å². The van der Waals surface area contributed by atoms with Crippen LogP contribution in [0.15, 0.2) is 49.6 Å². The quantitative estimate of drug-likeness (QED) is 0.614. The van der Waals surface area contributed by atoms with Crippen molar-refractivity contribution in [2.24, 2.45) is 0 Å². The SMILES string of the molecule is C=CCC(C=C)c1ccccc1F. The Balaban J connectivity index is 2.96. The van der Waals surface area contributed by atoms with Gasteiger partial charge >= 0.3 is 0 Å². The zero-order valence-corrected chi connectivity index (χ0v) is 7.54. The molecule has 1 aromatic rings. The highest BCUT2D eigenvalue weighted by Crippen LogP contribution is 2.23. The third kappa shape index (κ3) is 2.28. The van der Waals surface area contributed by atoms with Crippen molar-refractivity contribution in [3.63, 3.8) is 0 Å². The first kappa shape index (κ1) is 9.72. The van der Waals surface area contributed by atoms with Crippen molar-refractivity contribution in [3.05, 3.63) is 61.0 Å². The van der Waals surface area contributed by atoms with E-state index in [0.717, 1.165) is 6.42 Å². The predicted octanol–water partition coefficient (Wildman–Crippen LogP) is 3.67. The van der Waals surface area contributed by atoms with Crippen LogP contribution in [-0.4, -0.2) is 0 Å². The van der Waals surface area contributed by atoms with E-state index in [-0.39, 0.29) is 11.7 Å². The lowest BCUT2D eigenvalue weighted by atomic mass is 9.95. The van der Waals surface area contributed by atoms with Crippen LogP contribution >= 0.6 is 0 Å². The third-order valence-corrected chi connectivity index (χ3v) is 2.01. The summed E-state index contributed by atoms with van der Waals surface area (Å²) in [7, 11) is 0. The Morgan fingerprint density at radius 1 is 1.31 bits per heavy atom. The van der Waals surface area contributed by atoms with Gasteiger partial charge in [-0.05, 0) is 18.1 Å². The van der Waals surface area contributed by atoms with E-state index in [4.69, 9.17) is 0 Å². The molecule has 0 nitrogen and oxygen atoms in total. The van der Waals surface area contributed by atoms with Crippen molar-refractivity contribution in [2.75, 3.05) is 0 Å². The summed E-state index contributed by atoms with van der Waals surface area (Å²) in [5.74, 6) is -0.132. The van der Waals surface area contributed by atoms with Gasteiger partial charge in [0.05, 0.1) is 0 Å². The minimum absolute atomic E-state index is 0.0405. The van der Waals surface area contributed by atoms with Crippen LogP contribution < -0.4 is 0 Å². The molecule has 0 radical (unpaired) electrons. The van der Waals surface area contributed by atoms with Crippen molar-refractivity contribution in [3.8, 4) is 0 Å². The highest BCUT2D eigenvalue weighted by atomic mass is 19.1. The van der Waals surface area contributed by atoms with E-state index in [9.17, 15) is 4.39 Å². The highest BCUT2D eigenvalue weighted by Gasteiger charge is 2.09. The van der Waals surface area contributed by atoms with Gasteiger partial charge in [-0.2, -0.15) is 0 Å². The van der Waals surface area contributed by atoms with Crippen LogP contribution in [0.1, 0.15) is 17.9 Å². The molecule has 0 aliphatic carbocycles. The number of benzene rings is 1. The van der Waals surface area contributed by atoms with E-state index in [0.29, 0.717) is 5.56 Å². The maximum absolute atomic E-state index is 13.3. The molecule has 1 rings (SSSR count). The molecule has 0 bridgehead atoms. The number of halogens is 1. The van der Waals surface area contributed by atoms with E-state index in [1.807, 2.05) is 6.07 Å². The minimum atomic E-state index is -0.172. The second-order valence-electron chi connectivity index (χ2n) is 2.89. The number of hydrogen-bond donors (Lipinski definition) is 0. The predicted molar refractivity (Wildman–Crippen MR) is 54.2 cm³/mol. The van der Waals surface area contributed by atoms with Crippen LogP contribution in [0, 0.1) is 5.82 Å². The lowest BCUT2D eigenvalue weighted by Gasteiger charge is -2.10. The fourth-order valence-electron chi connectivity index (χ4n) is 1.31. The van der Waals surface area contributed by atoms with Crippen LogP contribution in [0.5, 0.6) is 0 Å². The molecule has 0 aliphatic heterocycles. The summed E-state index contributed by atoms with van der Waals surface area (Å²) in [6.45, 7) is 7.32. The van der Waals surface area contributed by atoms with Crippen LogP contribution in [0.4, 0.5) is 4.39 Å². The molecule has 1 unspecified atom stereocenters. The van der Waals surface area contributed by atoms with E-state index >= 15 is 0 Å². The fourth-order valence-corrected chi connectivity index (χ4v) is 1.31. The monoisotopic (exact) mass is 176 g/mol.